The molecule has 3 aromatic rings. The number of hydrogen-bond donors (Lipinski definition) is 0. The molecule has 0 heterocycles. The molecule has 0 N–H and O–H groups in total. The lowest BCUT2D eigenvalue weighted by atomic mass is 10.1. The van der Waals surface area contributed by atoms with Crippen molar-refractivity contribution in [3.05, 3.63) is 101 Å². The SMILES string of the molecule is CN(C(=O)c1ccccc1C(=O)OCc1cccc(Cl)c1)c1ccccc1. The third-order valence-electron chi connectivity index (χ3n) is 4.08. The van der Waals surface area contributed by atoms with Crippen molar-refractivity contribution in [3.63, 3.8) is 0 Å². The van der Waals surface area contributed by atoms with Crippen LogP contribution in [0.4, 0.5) is 5.69 Å². The van der Waals surface area contributed by atoms with Crippen LogP contribution in [-0.2, 0) is 11.3 Å². The van der Waals surface area contributed by atoms with Gasteiger partial charge in [0.25, 0.3) is 5.91 Å². The molecule has 27 heavy (non-hydrogen) atoms. The topological polar surface area (TPSA) is 46.6 Å². The molecule has 0 unspecified atom stereocenters. The highest BCUT2D eigenvalue weighted by atomic mass is 35.5. The zero-order valence-electron chi connectivity index (χ0n) is 14.8. The second kappa shape index (κ2) is 8.52. The fraction of sp³-hybridized carbons (Fsp3) is 0.0909. The van der Waals surface area contributed by atoms with Crippen LogP contribution in [0.1, 0.15) is 26.3 Å². The van der Waals surface area contributed by atoms with Crippen molar-refractivity contribution in [2.24, 2.45) is 0 Å². The van der Waals surface area contributed by atoms with Crippen LogP contribution < -0.4 is 4.90 Å². The first-order valence-electron chi connectivity index (χ1n) is 8.40. The number of hydrogen-bond acceptors (Lipinski definition) is 3. The number of carbonyl (C=O) groups is 2. The fourth-order valence-corrected chi connectivity index (χ4v) is 2.86. The average molecular weight is 380 g/mol. The van der Waals surface area contributed by atoms with E-state index in [1.807, 2.05) is 36.4 Å². The number of nitrogens with zero attached hydrogens (tertiary/aromatic N) is 1. The van der Waals surface area contributed by atoms with E-state index in [1.54, 1.807) is 49.5 Å². The van der Waals surface area contributed by atoms with E-state index in [-0.39, 0.29) is 18.1 Å². The Bertz CT molecular complexity index is 957. The Morgan fingerprint density at radius 1 is 0.889 bits per heavy atom. The zero-order valence-corrected chi connectivity index (χ0v) is 15.5. The number of amides is 1. The first-order valence-corrected chi connectivity index (χ1v) is 8.78. The molecule has 5 heteroatoms. The van der Waals surface area contributed by atoms with Gasteiger partial charge >= 0.3 is 5.97 Å². The molecule has 0 bridgehead atoms. The summed E-state index contributed by atoms with van der Waals surface area (Å²) in [5.74, 6) is -0.836. The Balaban J connectivity index is 1.78. The predicted octanol–water partition coefficient (Wildman–Crippen LogP) is 4.97. The Labute approximate surface area is 163 Å². The van der Waals surface area contributed by atoms with Crippen molar-refractivity contribution in [3.8, 4) is 0 Å². The van der Waals surface area contributed by atoms with Gasteiger partial charge in [-0.05, 0) is 42.0 Å². The smallest absolute Gasteiger partial charge is 0.339 e. The van der Waals surface area contributed by atoms with E-state index in [0.717, 1.165) is 11.3 Å². The normalized spacial score (nSPS) is 10.3. The molecule has 0 aliphatic heterocycles. The van der Waals surface area contributed by atoms with Gasteiger partial charge in [-0.25, -0.2) is 4.79 Å². The van der Waals surface area contributed by atoms with Gasteiger partial charge in [0.2, 0.25) is 0 Å². The summed E-state index contributed by atoms with van der Waals surface area (Å²) in [6.07, 6.45) is 0. The highest BCUT2D eigenvalue weighted by Gasteiger charge is 2.21. The molecule has 0 aliphatic carbocycles. The molecular formula is C22H18ClNO3. The number of benzene rings is 3. The van der Waals surface area contributed by atoms with Crippen molar-refractivity contribution in [2.75, 3.05) is 11.9 Å². The molecule has 0 atom stereocenters. The summed E-state index contributed by atoms with van der Waals surface area (Å²) in [4.78, 5) is 27.0. The summed E-state index contributed by atoms with van der Waals surface area (Å²) in [7, 11) is 1.67. The minimum absolute atomic E-state index is 0.0798. The van der Waals surface area contributed by atoms with E-state index in [1.165, 1.54) is 4.90 Å². The van der Waals surface area contributed by atoms with E-state index in [4.69, 9.17) is 16.3 Å². The maximum absolute atomic E-state index is 12.9. The average Bonchev–Trinajstić information content (AvgIpc) is 2.71. The second-order valence-corrected chi connectivity index (χ2v) is 6.39. The van der Waals surface area contributed by atoms with Crippen LogP contribution in [-0.4, -0.2) is 18.9 Å². The quantitative estimate of drug-likeness (QED) is 0.588. The predicted molar refractivity (Wildman–Crippen MR) is 106 cm³/mol. The Morgan fingerprint density at radius 3 is 2.26 bits per heavy atom. The molecular weight excluding hydrogens is 362 g/mol. The number of anilines is 1. The molecule has 0 fully saturated rings. The van der Waals surface area contributed by atoms with Gasteiger partial charge in [0, 0.05) is 17.8 Å². The van der Waals surface area contributed by atoms with Gasteiger partial charge in [0.1, 0.15) is 6.61 Å². The molecule has 1 amide bonds. The van der Waals surface area contributed by atoms with E-state index >= 15 is 0 Å². The summed E-state index contributed by atoms with van der Waals surface area (Å²) >= 11 is 5.95. The van der Waals surface area contributed by atoms with E-state index in [2.05, 4.69) is 0 Å². The van der Waals surface area contributed by atoms with Gasteiger partial charge in [-0.15, -0.1) is 0 Å². The minimum atomic E-state index is -0.555. The third-order valence-corrected chi connectivity index (χ3v) is 4.32. The van der Waals surface area contributed by atoms with Gasteiger partial charge in [-0.1, -0.05) is 54.1 Å². The van der Waals surface area contributed by atoms with Crippen LogP contribution >= 0.6 is 11.6 Å². The minimum Gasteiger partial charge on any atom is -0.457 e. The molecule has 4 nitrogen and oxygen atoms in total. The lowest BCUT2D eigenvalue weighted by Gasteiger charge is -2.18. The van der Waals surface area contributed by atoms with Gasteiger partial charge in [-0.2, -0.15) is 0 Å². The molecule has 3 aromatic carbocycles. The largest absolute Gasteiger partial charge is 0.457 e. The van der Waals surface area contributed by atoms with E-state index in [0.29, 0.717) is 10.6 Å². The summed E-state index contributed by atoms with van der Waals surface area (Å²) in [6.45, 7) is 0.0798. The molecule has 0 saturated heterocycles. The van der Waals surface area contributed by atoms with Crippen LogP contribution in [0, 0.1) is 0 Å². The molecule has 136 valence electrons. The van der Waals surface area contributed by atoms with Crippen molar-refractivity contribution in [2.45, 2.75) is 6.61 Å². The standard InChI is InChI=1S/C22H18ClNO3/c1-24(18-10-3-2-4-11-18)21(25)19-12-5-6-13-20(19)22(26)27-15-16-8-7-9-17(23)14-16/h2-14H,15H2,1H3. The number of rotatable bonds is 5. The molecule has 0 aromatic heterocycles. The molecule has 0 spiro atoms. The van der Waals surface area contributed by atoms with Crippen LogP contribution in [0.3, 0.4) is 0 Å². The van der Waals surface area contributed by atoms with Gasteiger partial charge in [0.05, 0.1) is 11.1 Å². The van der Waals surface area contributed by atoms with E-state index < -0.39 is 5.97 Å². The van der Waals surface area contributed by atoms with Crippen molar-refractivity contribution < 1.29 is 14.3 Å². The highest BCUT2D eigenvalue weighted by molar-refractivity contribution is 6.30. The van der Waals surface area contributed by atoms with Crippen molar-refractivity contribution >= 4 is 29.2 Å². The number of para-hydroxylation sites is 1. The monoisotopic (exact) mass is 379 g/mol. The summed E-state index contributed by atoms with van der Waals surface area (Å²) < 4.78 is 5.38. The first kappa shape index (κ1) is 18.7. The maximum Gasteiger partial charge on any atom is 0.339 e. The van der Waals surface area contributed by atoms with Crippen molar-refractivity contribution in [1.29, 1.82) is 0 Å². The molecule has 3 rings (SSSR count). The zero-order chi connectivity index (χ0) is 19.2. The first-order chi connectivity index (χ1) is 13.1. The fourth-order valence-electron chi connectivity index (χ4n) is 2.65. The summed E-state index contributed by atoms with van der Waals surface area (Å²) in [5, 5.41) is 0.573. The lowest BCUT2D eigenvalue weighted by molar-refractivity contribution is 0.0470. The molecule has 0 saturated carbocycles. The highest BCUT2D eigenvalue weighted by Crippen LogP contribution is 2.19. The van der Waals surface area contributed by atoms with Gasteiger partial charge in [-0.3, -0.25) is 4.79 Å². The van der Waals surface area contributed by atoms with Crippen LogP contribution in [0.15, 0.2) is 78.9 Å². The summed E-state index contributed by atoms with van der Waals surface area (Å²) in [5.41, 5.74) is 2.04. The van der Waals surface area contributed by atoms with Crippen LogP contribution in [0.25, 0.3) is 0 Å². The summed E-state index contributed by atoms with van der Waals surface area (Å²) in [6, 6.07) is 23.0. The van der Waals surface area contributed by atoms with Crippen molar-refractivity contribution in [1.82, 2.24) is 0 Å². The second-order valence-electron chi connectivity index (χ2n) is 5.95. The number of carbonyl (C=O) groups excluding carboxylic acids is 2. The maximum atomic E-state index is 12.9. The van der Waals surface area contributed by atoms with Gasteiger partial charge < -0.3 is 9.64 Å². The third kappa shape index (κ3) is 4.54. The van der Waals surface area contributed by atoms with E-state index in [9.17, 15) is 9.59 Å². The molecule has 0 aliphatic rings. The Hall–Kier alpha value is -3.11. The van der Waals surface area contributed by atoms with Crippen LogP contribution in [0.5, 0.6) is 0 Å². The number of ether oxygens (including phenoxy) is 1. The van der Waals surface area contributed by atoms with Gasteiger partial charge in [0.15, 0.2) is 0 Å². The molecule has 0 radical (unpaired) electrons. The number of esters is 1. The van der Waals surface area contributed by atoms with Crippen LogP contribution in [0.2, 0.25) is 5.02 Å². The Kier molecular flexibility index (Phi) is 5.89. The number of halogens is 1. The lowest BCUT2D eigenvalue weighted by Crippen LogP contribution is -2.28. The Morgan fingerprint density at radius 2 is 1.56 bits per heavy atom.